The van der Waals surface area contributed by atoms with Crippen LogP contribution < -0.4 is 15.4 Å². The van der Waals surface area contributed by atoms with Crippen molar-refractivity contribution >= 4 is 11.6 Å². The van der Waals surface area contributed by atoms with Crippen LogP contribution in [0.15, 0.2) is 42.5 Å². The van der Waals surface area contributed by atoms with E-state index in [1.807, 2.05) is 24.3 Å². The van der Waals surface area contributed by atoms with E-state index in [-0.39, 0.29) is 5.91 Å². The summed E-state index contributed by atoms with van der Waals surface area (Å²) in [6.45, 7) is 5.24. The highest BCUT2D eigenvalue weighted by Gasteiger charge is 2.10. The minimum atomic E-state index is -0.00405. The Kier molecular flexibility index (Phi) is 7.48. The fourth-order valence-electron chi connectivity index (χ4n) is 2.92. The topological polar surface area (TPSA) is 50.4 Å². The summed E-state index contributed by atoms with van der Waals surface area (Å²) in [6.07, 6.45) is 2.64. The van der Waals surface area contributed by atoms with Crippen LogP contribution in [-0.2, 0) is 24.1 Å². The second-order valence-electron chi connectivity index (χ2n) is 5.95. The fraction of sp³-hybridized carbons (Fsp3) is 0.381. The molecule has 2 aromatic rings. The number of ether oxygens (including phenoxy) is 1. The molecule has 0 aromatic heterocycles. The van der Waals surface area contributed by atoms with Crippen LogP contribution in [0.2, 0.25) is 0 Å². The standard InChI is InChI=1S/C21H28N2O2/c1-4-16-10-8-11-17(5-2)21(16)23-20(24)15-22-14-13-18-9-6-7-12-19(18)25-3/h6-12,22H,4-5,13-15H2,1-3H3,(H,23,24). The maximum atomic E-state index is 12.3. The van der Waals surface area contributed by atoms with Crippen LogP contribution in [0.5, 0.6) is 5.75 Å². The van der Waals surface area contributed by atoms with Crippen molar-refractivity contribution in [2.45, 2.75) is 33.1 Å². The number of methoxy groups -OCH3 is 1. The molecule has 0 saturated carbocycles. The first-order valence-corrected chi connectivity index (χ1v) is 8.92. The number of para-hydroxylation sites is 2. The Hall–Kier alpha value is -2.33. The van der Waals surface area contributed by atoms with Crippen molar-refractivity contribution in [1.29, 1.82) is 0 Å². The van der Waals surface area contributed by atoms with E-state index in [4.69, 9.17) is 4.74 Å². The molecule has 134 valence electrons. The highest BCUT2D eigenvalue weighted by molar-refractivity contribution is 5.93. The molecule has 0 atom stereocenters. The molecule has 2 N–H and O–H groups in total. The van der Waals surface area contributed by atoms with Gasteiger partial charge >= 0.3 is 0 Å². The molecule has 0 bridgehead atoms. The molecule has 25 heavy (non-hydrogen) atoms. The zero-order valence-corrected chi connectivity index (χ0v) is 15.4. The van der Waals surface area contributed by atoms with Crippen molar-refractivity contribution in [3.8, 4) is 5.75 Å². The van der Waals surface area contributed by atoms with Crippen LogP contribution in [0.1, 0.15) is 30.5 Å². The summed E-state index contributed by atoms with van der Waals surface area (Å²) >= 11 is 0. The van der Waals surface area contributed by atoms with Crippen LogP contribution >= 0.6 is 0 Å². The predicted molar refractivity (Wildman–Crippen MR) is 103 cm³/mol. The number of nitrogens with one attached hydrogen (secondary N) is 2. The van der Waals surface area contributed by atoms with Gasteiger partial charge in [0.1, 0.15) is 5.75 Å². The molecule has 0 aliphatic carbocycles. The van der Waals surface area contributed by atoms with Crippen LogP contribution in [0.25, 0.3) is 0 Å². The van der Waals surface area contributed by atoms with Crippen molar-refractivity contribution in [2.24, 2.45) is 0 Å². The molecule has 0 heterocycles. The van der Waals surface area contributed by atoms with Crippen LogP contribution in [-0.4, -0.2) is 26.1 Å². The maximum absolute atomic E-state index is 12.3. The molecule has 2 aromatic carbocycles. The van der Waals surface area contributed by atoms with E-state index in [2.05, 4.69) is 42.7 Å². The molecule has 4 nitrogen and oxygen atoms in total. The summed E-state index contributed by atoms with van der Waals surface area (Å²) in [5.41, 5.74) is 4.48. The lowest BCUT2D eigenvalue weighted by Crippen LogP contribution is -2.30. The number of carbonyl (C=O) groups excluding carboxylic acids is 1. The van der Waals surface area contributed by atoms with Gasteiger partial charge in [-0.15, -0.1) is 0 Å². The SMILES string of the molecule is CCc1cccc(CC)c1NC(=O)CNCCc1ccccc1OC. The van der Waals surface area contributed by atoms with E-state index in [9.17, 15) is 4.79 Å². The lowest BCUT2D eigenvalue weighted by molar-refractivity contribution is -0.115. The van der Waals surface area contributed by atoms with Gasteiger partial charge in [0.2, 0.25) is 5.91 Å². The summed E-state index contributed by atoms with van der Waals surface area (Å²) in [4.78, 5) is 12.3. The Bertz CT molecular complexity index is 676. The Balaban J connectivity index is 1.85. The van der Waals surface area contributed by atoms with Gasteiger partial charge in [-0.05, 0) is 48.6 Å². The molecule has 0 spiro atoms. The summed E-state index contributed by atoms with van der Waals surface area (Å²) in [7, 11) is 1.68. The monoisotopic (exact) mass is 340 g/mol. The first kappa shape index (κ1) is 19.0. The number of hydrogen-bond donors (Lipinski definition) is 2. The Labute approximate surface area is 150 Å². The van der Waals surface area contributed by atoms with Crippen molar-refractivity contribution < 1.29 is 9.53 Å². The average Bonchev–Trinajstić information content (AvgIpc) is 2.65. The third kappa shape index (κ3) is 5.33. The lowest BCUT2D eigenvalue weighted by Gasteiger charge is -2.15. The summed E-state index contributed by atoms with van der Waals surface area (Å²) in [6, 6.07) is 14.2. The normalized spacial score (nSPS) is 10.5. The number of rotatable bonds is 9. The van der Waals surface area contributed by atoms with Crippen molar-refractivity contribution in [3.05, 3.63) is 59.2 Å². The Morgan fingerprint density at radius 2 is 1.60 bits per heavy atom. The largest absolute Gasteiger partial charge is 0.496 e. The highest BCUT2D eigenvalue weighted by Crippen LogP contribution is 2.22. The molecular formula is C21H28N2O2. The zero-order chi connectivity index (χ0) is 18.1. The molecule has 4 heteroatoms. The molecule has 1 amide bonds. The second-order valence-corrected chi connectivity index (χ2v) is 5.95. The molecule has 0 radical (unpaired) electrons. The average molecular weight is 340 g/mol. The molecular weight excluding hydrogens is 312 g/mol. The predicted octanol–water partition coefficient (Wildman–Crippen LogP) is 3.59. The molecule has 0 aliphatic rings. The van der Waals surface area contributed by atoms with Gasteiger partial charge < -0.3 is 15.4 Å². The minimum Gasteiger partial charge on any atom is -0.496 e. The van der Waals surface area contributed by atoms with Crippen LogP contribution in [0, 0.1) is 0 Å². The summed E-state index contributed by atoms with van der Waals surface area (Å²) < 4.78 is 5.35. The van der Waals surface area contributed by atoms with Gasteiger partial charge in [-0.1, -0.05) is 50.2 Å². The third-order valence-corrected chi connectivity index (χ3v) is 4.31. The number of benzene rings is 2. The Morgan fingerprint density at radius 1 is 0.960 bits per heavy atom. The Morgan fingerprint density at radius 3 is 2.24 bits per heavy atom. The van der Waals surface area contributed by atoms with Gasteiger partial charge in [0.05, 0.1) is 13.7 Å². The summed E-state index contributed by atoms with van der Waals surface area (Å²) in [5.74, 6) is 0.883. The van der Waals surface area contributed by atoms with Crippen molar-refractivity contribution in [3.63, 3.8) is 0 Å². The number of hydrogen-bond acceptors (Lipinski definition) is 3. The quantitative estimate of drug-likeness (QED) is 0.686. The van der Waals surface area contributed by atoms with Gasteiger partial charge in [0.15, 0.2) is 0 Å². The summed E-state index contributed by atoms with van der Waals surface area (Å²) in [5, 5.41) is 6.29. The first-order valence-electron chi connectivity index (χ1n) is 8.92. The van der Waals surface area contributed by atoms with Gasteiger partial charge in [-0.3, -0.25) is 4.79 Å². The van der Waals surface area contributed by atoms with Crippen molar-refractivity contribution in [1.82, 2.24) is 5.32 Å². The van der Waals surface area contributed by atoms with Crippen LogP contribution in [0.4, 0.5) is 5.69 Å². The zero-order valence-electron chi connectivity index (χ0n) is 15.4. The van der Waals surface area contributed by atoms with E-state index in [0.29, 0.717) is 6.54 Å². The van der Waals surface area contributed by atoms with E-state index < -0.39 is 0 Å². The van der Waals surface area contributed by atoms with Gasteiger partial charge in [-0.25, -0.2) is 0 Å². The second kappa shape index (κ2) is 9.84. The number of carbonyl (C=O) groups is 1. The number of aryl methyl sites for hydroxylation is 2. The molecule has 0 aliphatic heterocycles. The molecule has 0 fully saturated rings. The fourth-order valence-corrected chi connectivity index (χ4v) is 2.92. The van der Waals surface area contributed by atoms with Gasteiger partial charge in [0, 0.05) is 5.69 Å². The smallest absolute Gasteiger partial charge is 0.238 e. The minimum absolute atomic E-state index is 0.00405. The van der Waals surface area contributed by atoms with E-state index in [1.54, 1.807) is 7.11 Å². The van der Waals surface area contributed by atoms with E-state index in [0.717, 1.165) is 42.8 Å². The van der Waals surface area contributed by atoms with E-state index >= 15 is 0 Å². The highest BCUT2D eigenvalue weighted by atomic mass is 16.5. The maximum Gasteiger partial charge on any atom is 0.238 e. The van der Waals surface area contributed by atoms with Gasteiger partial charge in [0.25, 0.3) is 0 Å². The molecule has 2 rings (SSSR count). The molecule has 0 saturated heterocycles. The number of amides is 1. The first-order chi connectivity index (χ1) is 12.2. The third-order valence-electron chi connectivity index (χ3n) is 4.31. The van der Waals surface area contributed by atoms with E-state index in [1.165, 1.54) is 11.1 Å². The lowest BCUT2D eigenvalue weighted by atomic mass is 10.0. The van der Waals surface area contributed by atoms with Gasteiger partial charge in [-0.2, -0.15) is 0 Å². The van der Waals surface area contributed by atoms with Crippen molar-refractivity contribution in [2.75, 3.05) is 25.5 Å². The molecule has 0 unspecified atom stereocenters. The van der Waals surface area contributed by atoms with Crippen LogP contribution in [0.3, 0.4) is 0 Å². The number of anilines is 1.